The lowest BCUT2D eigenvalue weighted by Crippen LogP contribution is -2.31. The van der Waals surface area contributed by atoms with Crippen molar-refractivity contribution in [2.75, 3.05) is 13.1 Å². The Hall–Kier alpha value is -1.03. The van der Waals surface area contributed by atoms with Crippen LogP contribution in [0.15, 0.2) is 11.8 Å². The largest absolute Gasteiger partial charge is 0.483 e. The van der Waals surface area contributed by atoms with Gasteiger partial charge in [0, 0.05) is 18.7 Å². The van der Waals surface area contributed by atoms with E-state index in [1.165, 1.54) is 6.26 Å². The van der Waals surface area contributed by atoms with Gasteiger partial charge < -0.3 is 9.64 Å². The van der Waals surface area contributed by atoms with Crippen molar-refractivity contribution in [3.63, 3.8) is 0 Å². The molecule has 4 nitrogen and oxygen atoms in total. The van der Waals surface area contributed by atoms with Crippen LogP contribution >= 0.6 is 0 Å². The van der Waals surface area contributed by atoms with Gasteiger partial charge >= 0.3 is 0 Å². The average molecular weight is 200 g/mol. The molecule has 4 heteroatoms. The SMILES string of the molecule is CCN(CC)C(=O)C(C)=COC(C)N. The zero-order chi connectivity index (χ0) is 11.1. The Labute approximate surface area is 85.7 Å². The smallest absolute Gasteiger partial charge is 0.252 e. The van der Waals surface area contributed by atoms with Crippen molar-refractivity contribution >= 4 is 5.91 Å². The number of carbonyl (C=O) groups is 1. The molecule has 0 saturated carbocycles. The summed E-state index contributed by atoms with van der Waals surface area (Å²) in [5, 5.41) is 0. The fraction of sp³-hybridized carbons (Fsp3) is 0.700. The van der Waals surface area contributed by atoms with Gasteiger partial charge in [-0.15, -0.1) is 0 Å². The molecule has 0 aliphatic carbocycles. The average Bonchev–Trinajstić information content (AvgIpc) is 2.15. The quantitative estimate of drug-likeness (QED) is 0.410. The summed E-state index contributed by atoms with van der Waals surface area (Å²) < 4.78 is 5.03. The Morgan fingerprint density at radius 1 is 1.50 bits per heavy atom. The highest BCUT2D eigenvalue weighted by Gasteiger charge is 2.11. The molecule has 1 unspecified atom stereocenters. The van der Waals surface area contributed by atoms with E-state index in [1.807, 2.05) is 13.8 Å². The molecule has 0 aliphatic rings. The Balaban J connectivity index is 4.29. The van der Waals surface area contributed by atoms with Crippen LogP contribution in [0.25, 0.3) is 0 Å². The minimum absolute atomic E-state index is 0.00403. The minimum atomic E-state index is -0.380. The summed E-state index contributed by atoms with van der Waals surface area (Å²) >= 11 is 0. The predicted octanol–water partition coefficient (Wildman–Crippen LogP) is 1.08. The number of rotatable bonds is 5. The summed E-state index contributed by atoms with van der Waals surface area (Å²) in [6, 6.07) is 0. The Kier molecular flexibility index (Phi) is 5.95. The number of hydrogen-bond acceptors (Lipinski definition) is 3. The van der Waals surface area contributed by atoms with Gasteiger partial charge in [0.1, 0.15) is 6.23 Å². The summed E-state index contributed by atoms with van der Waals surface area (Å²) in [5.41, 5.74) is 5.97. The van der Waals surface area contributed by atoms with Crippen LogP contribution in [0.2, 0.25) is 0 Å². The minimum Gasteiger partial charge on any atom is -0.483 e. The van der Waals surface area contributed by atoms with Crippen molar-refractivity contribution in [1.82, 2.24) is 4.90 Å². The number of nitrogens with two attached hydrogens (primary N) is 1. The molecule has 0 bridgehead atoms. The van der Waals surface area contributed by atoms with Gasteiger partial charge in [0.2, 0.25) is 0 Å². The molecule has 0 saturated heterocycles. The van der Waals surface area contributed by atoms with Crippen molar-refractivity contribution in [3.8, 4) is 0 Å². The Bertz CT molecular complexity index is 208. The van der Waals surface area contributed by atoms with Gasteiger partial charge in [-0.2, -0.15) is 0 Å². The second-order valence-electron chi connectivity index (χ2n) is 3.12. The highest BCUT2D eigenvalue weighted by atomic mass is 16.5. The molecule has 0 aromatic carbocycles. The van der Waals surface area contributed by atoms with Crippen LogP contribution < -0.4 is 5.73 Å². The first-order valence-corrected chi connectivity index (χ1v) is 4.90. The van der Waals surface area contributed by atoms with Crippen molar-refractivity contribution in [2.45, 2.75) is 33.9 Å². The molecule has 2 N–H and O–H groups in total. The van der Waals surface area contributed by atoms with Gasteiger partial charge in [-0.05, 0) is 27.7 Å². The molecule has 0 fully saturated rings. The lowest BCUT2D eigenvalue weighted by atomic mass is 10.3. The van der Waals surface area contributed by atoms with E-state index >= 15 is 0 Å². The number of likely N-dealkylation sites (N-methyl/N-ethyl adjacent to an activating group) is 1. The highest BCUT2D eigenvalue weighted by Crippen LogP contribution is 2.01. The number of nitrogens with zero attached hydrogens (tertiary/aromatic N) is 1. The maximum Gasteiger partial charge on any atom is 0.252 e. The maximum atomic E-state index is 11.7. The van der Waals surface area contributed by atoms with E-state index in [0.717, 1.165) is 0 Å². The van der Waals surface area contributed by atoms with Crippen LogP contribution in [0.1, 0.15) is 27.7 Å². The molecule has 0 aromatic heterocycles. The number of carbonyl (C=O) groups excluding carboxylic acids is 1. The molecule has 0 aromatic rings. The van der Waals surface area contributed by atoms with Crippen LogP contribution in [0.5, 0.6) is 0 Å². The molecule has 0 rings (SSSR count). The normalized spacial score (nSPS) is 13.6. The summed E-state index contributed by atoms with van der Waals surface area (Å²) in [4.78, 5) is 13.4. The molecule has 0 radical (unpaired) electrons. The Morgan fingerprint density at radius 3 is 2.36 bits per heavy atom. The second kappa shape index (κ2) is 6.43. The van der Waals surface area contributed by atoms with E-state index < -0.39 is 0 Å². The van der Waals surface area contributed by atoms with Crippen molar-refractivity contribution < 1.29 is 9.53 Å². The van der Waals surface area contributed by atoms with Crippen LogP contribution in [0.3, 0.4) is 0 Å². The molecule has 1 atom stereocenters. The predicted molar refractivity (Wildman–Crippen MR) is 56.4 cm³/mol. The highest BCUT2D eigenvalue weighted by molar-refractivity contribution is 5.92. The lowest BCUT2D eigenvalue weighted by Gasteiger charge is -2.18. The van der Waals surface area contributed by atoms with E-state index in [4.69, 9.17) is 10.5 Å². The standard InChI is InChI=1S/C10H20N2O2/c1-5-12(6-2)10(13)8(3)7-14-9(4)11/h7,9H,5-6,11H2,1-4H3. The van der Waals surface area contributed by atoms with E-state index in [2.05, 4.69) is 0 Å². The molecule has 0 spiro atoms. The van der Waals surface area contributed by atoms with E-state index in [0.29, 0.717) is 18.7 Å². The van der Waals surface area contributed by atoms with Gasteiger partial charge in [0.25, 0.3) is 5.91 Å². The lowest BCUT2D eigenvalue weighted by molar-refractivity contribution is -0.126. The third kappa shape index (κ3) is 4.28. The van der Waals surface area contributed by atoms with Crippen molar-refractivity contribution in [1.29, 1.82) is 0 Å². The Morgan fingerprint density at radius 2 is 2.00 bits per heavy atom. The molecule has 1 amide bonds. The summed E-state index contributed by atoms with van der Waals surface area (Å²) in [6.45, 7) is 8.74. The first-order chi connectivity index (χ1) is 6.52. The molecular formula is C10H20N2O2. The zero-order valence-electron chi connectivity index (χ0n) is 9.41. The van der Waals surface area contributed by atoms with Crippen molar-refractivity contribution in [3.05, 3.63) is 11.8 Å². The van der Waals surface area contributed by atoms with Crippen LogP contribution in [-0.4, -0.2) is 30.1 Å². The van der Waals surface area contributed by atoms with Crippen LogP contribution in [-0.2, 0) is 9.53 Å². The van der Waals surface area contributed by atoms with Gasteiger partial charge in [-0.25, -0.2) is 0 Å². The zero-order valence-corrected chi connectivity index (χ0v) is 9.41. The third-order valence-electron chi connectivity index (χ3n) is 1.85. The first-order valence-electron chi connectivity index (χ1n) is 4.90. The molecule has 0 aliphatic heterocycles. The maximum absolute atomic E-state index is 11.7. The van der Waals surface area contributed by atoms with E-state index in [-0.39, 0.29) is 12.1 Å². The summed E-state index contributed by atoms with van der Waals surface area (Å²) in [5.74, 6) is -0.00403. The molecule has 82 valence electrons. The topological polar surface area (TPSA) is 55.6 Å². The number of ether oxygens (including phenoxy) is 1. The van der Waals surface area contributed by atoms with Gasteiger partial charge in [-0.1, -0.05) is 0 Å². The van der Waals surface area contributed by atoms with Crippen LogP contribution in [0, 0.1) is 0 Å². The molecular weight excluding hydrogens is 180 g/mol. The first kappa shape index (κ1) is 13.0. The fourth-order valence-corrected chi connectivity index (χ4v) is 1.02. The monoisotopic (exact) mass is 200 g/mol. The van der Waals surface area contributed by atoms with E-state index in [9.17, 15) is 4.79 Å². The fourth-order valence-electron chi connectivity index (χ4n) is 1.02. The van der Waals surface area contributed by atoms with Gasteiger partial charge in [0.05, 0.1) is 6.26 Å². The van der Waals surface area contributed by atoms with Crippen LogP contribution in [0.4, 0.5) is 0 Å². The number of hydrogen-bond donors (Lipinski definition) is 1. The van der Waals surface area contributed by atoms with Crippen molar-refractivity contribution in [2.24, 2.45) is 5.73 Å². The van der Waals surface area contributed by atoms with Gasteiger partial charge in [-0.3, -0.25) is 10.5 Å². The summed E-state index contributed by atoms with van der Waals surface area (Å²) in [6.07, 6.45) is 1.04. The third-order valence-corrected chi connectivity index (χ3v) is 1.85. The molecule has 14 heavy (non-hydrogen) atoms. The van der Waals surface area contributed by atoms with Gasteiger partial charge in [0.15, 0.2) is 0 Å². The number of amides is 1. The summed E-state index contributed by atoms with van der Waals surface area (Å²) in [7, 11) is 0. The molecule has 0 heterocycles. The van der Waals surface area contributed by atoms with E-state index in [1.54, 1.807) is 18.7 Å². The second-order valence-corrected chi connectivity index (χ2v) is 3.12.